The third kappa shape index (κ3) is 8.05. The van der Waals surface area contributed by atoms with Crippen LogP contribution >= 0.6 is 0 Å². The first-order valence-corrected chi connectivity index (χ1v) is 21.7. The van der Waals surface area contributed by atoms with Crippen molar-refractivity contribution in [3.05, 3.63) is 120 Å². The largest absolute Gasteiger partial charge is 0.871 e. The SMILES string of the molecule is CCCC(C)N(c1ccc(OC)cc1)c1ccc(C2=C([O-])C(=C3C=CC(=[N+](c4ccc(O[Si](C)(C)C(C)(C)C)cc4)C(C)CCC)C=C3)C2=O)cc1. The number of nitrogens with zero attached hydrogens (tertiary/aromatic N) is 2. The van der Waals surface area contributed by atoms with Crippen LogP contribution in [0.3, 0.4) is 0 Å². The van der Waals surface area contributed by atoms with Crippen LogP contribution in [0.15, 0.2) is 114 Å². The second-order valence-corrected chi connectivity index (χ2v) is 20.3. The summed E-state index contributed by atoms with van der Waals surface area (Å²) in [5, 5.41) is 13.7. The highest BCUT2D eigenvalue weighted by Gasteiger charge is 2.39. The molecule has 0 fully saturated rings. The molecule has 0 saturated carbocycles. The third-order valence-electron chi connectivity index (χ3n) is 10.7. The molecular weight excluding hydrogens is 661 g/mol. The maximum atomic E-state index is 13.6. The van der Waals surface area contributed by atoms with Crippen molar-refractivity contribution >= 4 is 42.4 Å². The second-order valence-electron chi connectivity index (χ2n) is 15.6. The van der Waals surface area contributed by atoms with Crippen LogP contribution < -0.4 is 19.2 Å². The third-order valence-corrected chi connectivity index (χ3v) is 15.1. The van der Waals surface area contributed by atoms with E-state index in [0.29, 0.717) is 11.1 Å². The smallest absolute Gasteiger partial charge is 0.250 e. The second kappa shape index (κ2) is 15.9. The quantitative estimate of drug-likeness (QED) is 0.100. The van der Waals surface area contributed by atoms with Crippen LogP contribution in [0.1, 0.15) is 79.7 Å². The van der Waals surface area contributed by atoms with Gasteiger partial charge in [0.25, 0.3) is 0 Å². The summed E-state index contributed by atoms with van der Waals surface area (Å²) in [6.45, 7) is 20.1. The maximum Gasteiger partial charge on any atom is 0.250 e. The van der Waals surface area contributed by atoms with E-state index in [0.717, 1.165) is 60.0 Å². The molecule has 0 bridgehead atoms. The lowest BCUT2D eigenvalue weighted by molar-refractivity contribution is -0.480. The number of hydrogen-bond donors (Lipinski definition) is 0. The first-order valence-electron chi connectivity index (χ1n) is 18.8. The van der Waals surface area contributed by atoms with Crippen molar-refractivity contribution in [1.29, 1.82) is 0 Å². The highest BCUT2D eigenvalue weighted by molar-refractivity contribution is 6.74. The number of methoxy groups -OCH3 is 1. The topological polar surface area (TPSA) is 64.8 Å². The molecular formula is C45H56N2O4Si. The van der Waals surface area contributed by atoms with E-state index in [9.17, 15) is 9.90 Å². The highest BCUT2D eigenvalue weighted by atomic mass is 28.4. The Morgan fingerprint density at radius 2 is 1.31 bits per heavy atom. The molecule has 0 heterocycles. The zero-order chi connectivity index (χ0) is 37.8. The lowest BCUT2D eigenvalue weighted by Gasteiger charge is -2.36. The van der Waals surface area contributed by atoms with Crippen LogP contribution in [-0.2, 0) is 4.79 Å². The van der Waals surface area contributed by atoms with E-state index < -0.39 is 8.32 Å². The first kappa shape index (κ1) is 38.6. The molecule has 3 aromatic carbocycles. The summed E-state index contributed by atoms with van der Waals surface area (Å²) in [5.74, 6) is 1.30. The van der Waals surface area contributed by atoms with Crippen molar-refractivity contribution in [3.8, 4) is 11.5 Å². The minimum Gasteiger partial charge on any atom is -0.871 e. The molecule has 0 aromatic heterocycles. The summed E-state index contributed by atoms with van der Waals surface area (Å²) in [6.07, 6.45) is 12.0. The van der Waals surface area contributed by atoms with E-state index in [-0.39, 0.29) is 39.8 Å². The molecule has 274 valence electrons. The molecule has 3 aromatic rings. The van der Waals surface area contributed by atoms with E-state index in [1.165, 1.54) is 0 Å². The molecule has 5 rings (SSSR count). The summed E-state index contributed by atoms with van der Waals surface area (Å²) in [4.78, 5) is 15.9. The van der Waals surface area contributed by atoms with Crippen molar-refractivity contribution in [3.63, 3.8) is 0 Å². The van der Waals surface area contributed by atoms with Crippen LogP contribution in [0, 0.1) is 0 Å². The van der Waals surface area contributed by atoms with Gasteiger partial charge in [-0.2, -0.15) is 4.58 Å². The van der Waals surface area contributed by atoms with E-state index in [4.69, 9.17) is 9.16 Å². The van der Waals surface area contributed by atoms with Crippen molar-refractivity contribution in [1.82, 2.24) is 0 Å². The Morgan fingerprint density at radius 3 is 1.81 bits per heavy atom. The number of hydrogen-bond acceptors (Lipinski definition) is 5. The van der Waals surface area contributed by atoms with Gasteiger partial charge in [-0.15, -0.1) is 0 Å². The van der Waals surface area contributed by atoms with Crippen LogP contribution in [0.4, 0.5) is 17.1 Å². The van der Waals surface area contributed by atoms with Gasteiger partial charge in [-0.1, -0.05) is 58.9 Å². The summed E-state index contributed by atoms with van der Waals surface area (Å²) in [7, 11) is -0.284. The first-order chi connectivity index (χ1) is 24.7. The van der Waals surface area contributed by atoms with Crippen molar-refractivity contribution in [2.24, 2.45) is 0 Å². The monoisotopic (exact) mass is 716 g/mol. The Balaban J connectivity index is 1.40. The molecule has 6 nitrogen and oxygen atoms in total. The molecule has 0 aliphatic heterocycles. The minimum absolute atomic E-state index is 0.118. The number of rotatable bonds is 13. The standard InChI is InChI=1S/C45H56N2O4Si/c1-11-13-31(3)46(37-23-27-39(50-8)28-24-37)35-19-15-33(16-20-35)41-43(48)42(44(41)49)34-17-21-36(22-18-34)47(32(4)14-12-2)38-25-29-40(30-26-38)51-52(9,10)45(5,6)7/h15-32H,11-14H2,1-10H3. The zero-order valence-corrected chi connectivity index (χ0v) is 33.7. The van der Waals surface area contributed by atoms with Gasteiger partial charge in [0.1, 0.15) is 11.5 Å². The number of ether oxygens (including phenoxy) is 1. The van der Waals surface area contributed by atoms with E-state index >= 15 is 0 Å². The highest BCUT2D eigenvalue weighted by Crippen LogP contribution is 2.40. The molecule has 0 radical (unpaired) electrons. The number of anilines is 2. The molecule has 0 N–H and O–H groups in total. The predicted octanol–water partition coefficient (Wildman–Crippen LogP) is 10.5. The summed E-state index contributed by atoms with van der Waals surface area (Å²) < 4.78 is 14.2. The van der Waals surface area contributed by atoms with E-state index in [1.54, 1.807) is 7.11 Å². The normalized spacial score (nSPS) is 15.8. The average Bonchev–Trinajstić information content (AvgIpc) is 3.11. The minimum atomic E-state index is -1.95. The number of Topliss-reactive ketones (excluding diaryl/α,β-unsaturated/α-hetero) is 1. The maximum absolute atomic E-state index is 13.6. The lowest BCUT2D eigenvalue weighted by atomic mass is 9.80. The Hall–Kier alpha value is -4.62. The fourth-order valence-electron chi connectivity index (χ4n) is 6.77. The fraction of sp³-hybridized carbons (Fsp3) is 0.378. The molecule has 0 amide bonds. The van der Waals surface area contributed by atoms with Crippen molar-refractivity contribution in [2.75, 3.05) is 12.0 Å². The van der Waals surface area contributed by atoms with Gasteiger partial charge in [0, 0.05) is 59.3 Å². The predicted molar refractivity (Wildman–Crippen MR) is 217 cm³/mol. The Bertz CT molecular complexity index is 1890. The van der Waals surface area contributed by atoms with Crippen molar-refractivity contribution in [2.45, 2.75) is 104 Å². The zero-order valence-electron chi connectivity index (χ0n) is 32.7. The van der Waals surface area contributed by atoms with Gasteiger partial charge in [-0.3, -0.25) is 4.79 Å². The fourth-order valence-corrected chi connectivity index (χ4v) is 7.80. The molecule has 0 saturated heterocycles. The summed E-state index contributed by atoms with van der Waals surface area (Å²) in [5.41, 5.74) is 5.97. The van der Waals surface area contributed by atoms with Gasteiger partial charge >= 0.3 is 0 Å². The Kier molecular flexibility index (Phi) is 11.8. The summed E-state index contributed by atoms with van der Waals surface area (Å²) in [6, 6.07) is 24.8. The van der Waals surface area contributed by atoms with Gasteiger partial charge in [0.2, 0.25) is 19.7 Å². The molecule has 2 unspecified atom stereocenters. The molecule has 52 heavy (non-hydrogen) atoms. The Labute approximate surface area is 312 Å². The van der Waals surface area contributed by atoms with Gasteiger partial charge in [0.15, 0.2) is 11.8 Å². The van der Waals surface area contributed by atoms with Crippen molar-refractivity contribution < 1.29 is 23.6 Å². The molecule has 0 spiro atoms. The van der Waals surface area contributed by atoms with Gasteiger partial charge < -0.3 is 19.2 Å². The number of ketones is 1. The van der Waals surface area contributed by atoms with Crippen LogP contribution in [-0.4, -0.2) is 43.6 Å². The molecule has 2 aliphatic carbocycles. The van der Waals surface area contributed by atoms with Gasteiger partial charge in [-0.25, -0.2) is 0 Å². The van der Waals surface area contributed by atoms with E-state index in [2.05, 4.69) is 107 Å². The average molecular weight is 717 g/mol. The van der Waals surface area contributed by atoms with Crippen LogP contribution in [0.25, 0.3) is 5.57 Å². The van der Waals surface area contributed by atoms with Gasteiger partial charge in [0.05, 0.1) is 7.11 Å². The lowest BCUT2D eigenvalue weighted by Crippen LogP contribution is -2.43. The number of allylic oxidation sites excluding steroid dienone is 7. The number of carbonyl (C=O) groups excluding carboxylic acids is 1. The summed E-state index contributed by atoms with van der Waals surface area (Å²) >= 11 is 0. The molecule has 7 heteroatoms. The van der Waals surface area contributed by atoms with Crippen LogP contribution in [0.5, 0.6) is 11.5 Å². The number of carbonyl (C=O) groups is 1. The molecule has 2 atom stereocenters. The van der Waals surface area contributed by atoms with Crippen LogP contribution in [0.2, 0.25) is 18.1 Å². The van der Waals surface area contributed by atoms with Gasteiger partial charge in [-0.05, 0) is 117 Å². The van der Waals surface area contributed by atoms with E-state index in [1.807, 2.05) is 60.7 Å². The molecule has 2 aliphatic rings. The Morgan fingerprint density at radius 1 is 0.769 bits per heavy atom. The number of benzene rings is 3.